The Morgan fingerprint density at radius 1 is 1.35 bits per heavy atom. The van der Waals surface area contributed by atoms with Gasteiger partial charge in [-0.2, -0.15) is 13.7 Å². The van der Waals surface area contributed by atoms with E-state index in [2.05, 4.69) is 0 Å². The van der Waals surface area contributed by atoms with Crippen molar-refractivity contribution in [3.05, 3.63) is 0 Å². The summed E-state index contributed by atoms with van der Waals surface area (Å²) >= 11 is 0. The first-order chi connectivity index (χ1) is 12.0. The first-order valence-electron chi connectivity index (χ1n) is 8.76. The minimum absolute atomic E-state index is 0.329. The molecule has 0 aromatic rings. The topological polar surface area (TPSA) is 120 Å². The molecule has 7 atom stereocenters. The molecule has 1 saturated heterocycles. The molecular weight excluding hydrogens is 362 g/mol. The number of rotatable bonds is 5. The molecule has 2 bridgehead atoms. The lowest BCUT2D eigenvalue weighted by atomic mass is 9.85. The summed E-state index contributed by atoms with van der Waals surface area (Å²) in [7, 11) is -3.82. The van der Waals surface area contributed by atoms with Crippen molar-refractivity contribution in [3.63, 3.8) is 0 Å². The molecule has 3 rings (SSSR count). The van der Waals surface area contributed by atoms with Crippen LogP contribution in [0.2, 0.25) is 0 Å². The lowest BCUT2D eigenvalue weighted by molar-refractivity contribution is -0.179. The van der Waals surface area contributed by atoms with Gasteiger partial charge in [0.05, 0.1) is 17.4 Å². The molecule has 9 heteroatoms. The Hall–Kier alpha value is -1.66. The van der Waals surface area contributed by atoms with Gasteiger partial charge in [-0.05, 0) is 33.6 Å². The quantitative estimate of drug-likeness (QED) is 0.511. The van der Waals surface area contributed by atoms with Crippen molar-refractivity contribution in [3.8, 4) is 6.07 Å². The van der Waals surface area contributed by atoms with Gasteiger partial charge in [0.1, 0.15) is 17.5 Å². The van der Waals surface area contributed by atoms with Gasteiger partial charge in [0, 0.05) is 11.8 Å². The molecule has 26 heavy (non-hydrogen) atoms. The van der Waals surface area contributed by atoms with Crippen LogP contribution in [0.25, 0.3) is 0 Å². The third-order valence-electron chi connectivity index (χ3n) is 5.98. The summed E-state index contributed by atoms with van der Waals surface area (Å²) in [6, 6.07) is 2.03. The first-order valence-corrected chi connectivity index (χ1v) is 10.2. The molecule has 1 aliphatic heterocycles. The first kappa shape index (κ1) is 19.1. The smallest absolute Gasteiger partial charge is 0.347 e. The second kappa shape index (κ2) is 6.20. The van der Waals surface area contributed by atoms with Crippen molar-refractivity contribution in [1.82, 2.24) is 0 Å². The van der Waals surface area contributed by atoms with Gasteiger partial charge in [-0.3, -0.25) is 8.98 Å². The summed E-state index contributed by atoms with van der Waals surface area (Å²) < 4.78 is 40.0. The number of fused-ring (bicyclic) bond motifs is 1. The number of esters is 2. The fraction of sp³-hybridized carbons (Fsp3) is 0.824. The molecule has 0 N–H and O–H groups in total. The highest BCUT2D eigenvalue weighted by Crippen LogP contribution is 2.58. The summed E-state index contributed by atoms with van der Waals surface area (Å²) in [6.45, 7) is 6.70. The number of hydrogen-bond acceptors (Lipinski definition) is 8. The van der Waals surface area contributed by atoms with Crippen molar-refractivity contribution in [2.45, 2.75) is 64.1 Å². The third kappa shape index (κ3) is 2.79. The molecule has 0 aromatic carbocycles. The number of nitrogens with zero attached hydrogens (tertiary/aromatic N) is 1. The van der Waals surface area contributed by atoms with E-state index < -0.39 is 57.0 Å². The van der Waals surface area contributed by atoms with Crippen molar-refractivity contribution in [2.24, 2.45) is 23.2 Å². The highest BCUT2D eigenvalue weighted by atomic mass is 32.2. The molecule has 2 saturated carbocycles. The molecule has 144 valence electrons. The normalized spacial score (nSPS) is 37.8. The highest BCUT2D eigenvalue weighted by Gasteiger charge is 2.70. The third-order valence-corrected chi connectivity index (χ3v) is 7.78. The van der Waals surface area contributed by atoms with Gasteiger partial charge in [0.25, 0.3) is 10.1 Å². The van der Waals surface area contributed by atoms with E-state index in [1.165, 1.54) is 6.92 Å². The van der Waals surface area contributed by atoms with Crippen LogP contribution in [0.3, 0.4) is 0 Å². The van der Waals surface area contributed by atoms with E-state index >= 15 is 0 Å². The molecule has 0 aromatic heterocycles. The molecular formula is C17H23NO7S. The van der Waals surface area contributed by atoms with Crippen LogP contribution in [-0.4, -0.2) is 43.9 Å². The highest BCUT2D eigenvalue weighted by molar-refractivity contribution is 7.87. The van der Waals surface area contributed by atoms with E-state index in [1.54, 1.807) is 13.8 Å². The predicted octanol–water partition coefficient (Wildman–Crippen LogP) is 1.15. The van der Waals surface area contributed by atoms with Gasteiger partial charge < -0.3 is 9.47 Å². The number of hydrogen-bond donors (Lipinski definition) is 0. The lowest BCUT2D eigenvalue weighted by Gasteiger charge is -2.29. The Morgan fingerprint density at radius 3 is 2.58 bits per heavy atom. The average molecular weight is 385 g/mol. The van der Waals surface area contributed by atoms with E-state index in [0.29, 0.717) is 12.8 Å². The lowest BCUT2D eigenvalue weighted by Crippen LogP contribution is -2.44. The van der Waals surface area contributed by atoms with Gasteiger partial charge >= 0.3 is 11.9 Å². The Labute approximate surface area is 152 Å². The SMILES string of the molecule is CCC(C)(C)C(=O)OC(C)C(=O)OC1C2CC3C1OS(=O)(=O)C3C2C#N. The fourth-order valence-corrected chi connectivity index (χ4v) is 6.06. The fourth-order valence-electron chi connectivity index (χ4n) is 4.06. The minimum atomic E-state index is -3.82. The summed E-state index contributed by atoms with van der Waals surface area (Å²) in [5.74, 6) is -2.73. The van der Waals surface area contributed by atoms with Crippen molar-refractivity contribution < 1.29 is 31.7 Å². The standard InChI is InChI=1S/C17H23NO7S/c1-5-17(3,4)16(20)23-8(2)15(19)24-12-9-6-10-13(12)25-26(21,22)14(10)11(9)7-18/h8-14H,5-6H2,1-4H3. The second-order valence-corrected chi connectivity index (χ2v) is 9.65. The number of nitriles is 1. The van der Waals surface area contributed by atoms with Crippen molar-refractivity contribution in [1.29, 1.82) is 5.26 Å². The summed E-state index contributed by atoms with van der Waals surface area (Å²) in [6.07, 6.45) is -1.66. The minimum Gasteiger partial charge on any atom is -0.456 e. The van der Waals surface area contributed by atoms with Crippen LogP contribution < -0.4 is 0 Å². The van der Waals surface area contributed by atoms with Crippen LogP contribution in [0.1, 0.15) is 40.5 Å². The Bertz CT molecular complexity index is 768. The molecule has 0 spiro atoms. The summed E-state index contributed by atoms with van der Waals surface area (Å²) in [4.78, 5) is 24.5. The van der Waals surface area contributed by atoms with Gasteiger partial charge in [-0.15, -0.1) is 0 Å². The molecule has 7 unspecified atom stereocenters. The van der Waals surface area contributed by atoms with Crippen LogP contribution in [0.4, 0.5) is 0 Å². The van der Waals surface area contributed by atoms with Crippen LogP contribution in [0.5, 0.6) is 0 Å². The van der Waals surface area contributed by atoms with E-state index in [4.69, 9.17) is 13.7 Å². The zero-order valence-electron chi connectivity index (χ0n) is 15.2. The number of ether oxygens (including phenoxy) is 2. The predicted molar refractivity (Wildman–Crippen MR) is 87.8 cm³/mol. The van der Waals surface area contributed by atoms with E-state index in [9.17, 15) is 23.3 Å². The van der Waals surface area contributed by atoms with Crippen LogP contribution >= 0.6 is 0 Å². The monoisotopic (exact) mass is 385 g/mol. The second-order valence-electron chi connectivity index (χ2n) is 7.92. The van der Waals surface area contributed by atoms with Gasteiger partial charge in [-0.25, -0.2) is 4.79 Å². The molecule has 0 amide bonds. The largest absolute Gasteiger partial charge is 0.456 e. The van der Waals surface area contributed by atoms with Gasteiger partial charge in [0.2, 0.25) is 0 Å². The Kier molecular flexibility index (Phi) is 4.56. The van der Waals surface area contributed by atoms with Crippen LogP contribution in [0.15, 0.2) is 0 Å². The van der Waals surface area contributed by atoms with Crippen LogP contribution in [0, 0.1) is 34.5 Å². The average Bonchev–Trinajstić information content (AvgIpc) is 3.16. The Balaban J connectivity index is 1.69. The van der Waals surface area contributed by atoms with E-state index in [0.717, 1.165) is 0 Å². The summed E-state index contributed by atoms with van der Waals surface area (Å²) in [5.41, 5.74) is -0.720. The molecule has 0 radical (unpaired) electrons. The Morgan fingerprint density at radius 2 is 2.00 bits per heavy atom. The maximum Gasteiger partial charge on any atom is 0.347 e. The molecule has 8 nitrogen and oxygen atoms in total. The van der Waals surface area contributed by atoms with E-state index in [-0.39, 0.29) is 11.8 Å². The number of carbonyl (C=O) groups is 2. The molecule has 3 aliphatic rings. The number of carbonyl (C=O) groups excluding carboxylic acids is 2. The molecule has 3 fully saturated rings. The van der Waals surface area contributed by atoms with E-state index in [1.807, 2.05) is 13.0 Å². The van der Waals surface area contributed by atoms with Crippen molar-refractivity contribution in [2.75, 3.05) is 0 Å². The van der Waals surface area contributed by atoms with Crippen LogP contribution in [-0.2, 0) is 33.4 Å². The zero-order valence-corrected chi connectivity index (χ0v) is 16.0. The maximum atomic E-state index is 12.4. The van der Waals surface area contributed by atoms with Gasteiger partial charge in [-0.1, -0.05) is 6.92 Å². The molecule has 2 aliphatic carbocycles. The summed E-state index contributed by atoms with van der Waals surface area (Å²) in [5, 5.41) is 8.52. The zero-order chi connectivity index (χ0) is 19.4. The van der Waals surface area contributed by atoms with Crippen molar-refractivity contribution >= 4 is 22.1 Å². The van der Waals surface area contributed by atoms with Gasteiger partial charge in [0.15, 0.2) is 6.10 Å². The maximum absolute atomic E-state index is 12.4. The molecule has 1 heterocycles.